The maximum Gasteiger partial charge on any atom is 0.168 e. The minimum atomic E-state index is 0.459. The Hall–Kier alpha value is -2.55. The molecule has 2 aromatic rings. The molecule has 2 aromatic carbocycles. The largest absolute Gasteiger partial charge is 0.493 e. The molecule has 3 heteroatoms. The lowest BCUT2D eigenvalue weighted by atomic mass is 10.1. The highest BCUT2D eigenvalue weighted by atomic mass is 16.5. The van der Waals surface area contributed by atoms with Crippen molar-refractivity contribution in [2.45, 2.75) is 20.3 Å². The number of methoxy groups -OCH3 is 1. The molecule has 3 rings (SSSR count). The first-order valence-corrected chi connectivity index (χ1v) is 8.30. The highest BCUT2D eigenvalue weighted by Gasteiger charge is 2.13. The van der Waals surface area contributed by atoms with Gasteiger partial charge >= 0.3 is 0 Å². The smallest absolute Gasteiger partial charge is 0.168 e. The quantitative estimate of drug-likeness (QED) is 0.743. The molecule has 1 heterocycles. The minimum Gasteiger partial charge on any atom is -0.493 e. The Morgan fingerprint density at radius 2 is 1.92 bits per heavy atom. The van der Waals surface area contributed by atoms with Crippen molar-refractivity contribution in [3.05, 3.63) is 59.7 Å². The van der Waals surface area contributed by atoms with Crippen molar-refractivity contribution in [3.8, 4) is 11.5 Å². The van der Waals surface area contributed by atoms with Gasteiger partial charge < -0.3 is 9.47 Å². The number of nitrogens with zero attached hydrogens (tertiary/aromatic N) is 1. The van der Waals surface area contributed by atoms with Gasteiger partial charge in [-0.3, -0.25) is 4.99 Å². The number of benzene rings is 2. The molecular formula is C21H23NO2. The van der Waals surface area contributed by atoms with Crippen LogP contribution in [0.4, 0.5) is 5.69 Å². The Labute approximate surface area is 143 Å². The minimum absolute atomic E-state index is 0.459. The van der Waals surface area contributed by atoms with Gasteiger partial charge in [0.25, 0.3) is 0 Å². The van der Waals surface area contributed by atoms with E-state index in [4.69, 9.17) is 9.47 Å². The first-order valence-electron chi connectivity index (χ1n) is 8.30. The summed E-state index contributed by atoms with van der Waals surface area (Å²) in [6, 6.07) is 14.2. The van der Waals surface area contributed by atoms with E-state index in [1.807, 2.05) is 24.3 Å². The maximum absolute atomic E-state index is 5.98. The van der Waals surface area contributed by atoms with Crippen LogP contribution in [0.1, 0.15) is 25.0 Å². The highest BCUT2D eigenvalue weighted by Crippen LogP contribution is 2.33. The molecule has 1 aliphatic rings. The number of ether oxygens (including phenoxy) is 2. The lowest BCUT2D eigenvalue weighted by Gasteiger charge is -2.14. The SMILES string of the molecule is COc1cccc(/C=C/C2=Nc3ccccc3C2)c1OCC(C)C. The van der Waals surface area contributed by atoms with Gasteiger partial charge in [-0.25, -0.2) is 0 Å². The summed E-state index contributed by atoms with van der Waals surface area (Å²) in [5.74, 6) is 2.01. The van der Waals surface area contributed by atoms with E-state index in [2.05, 4.69) is 49.2 Å². The summed E-state index contributed by atoms with van der Waals surface area (Å²) in [6.45, 7) is 4.93. The zero-order chi connectivity index (χ0) is 16.9. The molecule has 0 spiro atoms. The van der Waals surface area contributed by atoms with Crippen molar-refractivity contribution in [2.75, 3.05) is 13.7 Å². The molecule has 0 aliphatic carbocycles. The zero-order valence-corrected chi connectivity index (χ0v) is 14.5. The van der Waals surface area contributed by atoms with Crippen LogP contribution >= 0.6 is 0 Å². The Kier molecular flexibility index (Phi) is 4.99. The van der Waals surface area contributed by atoms with Gasteiger partial charge in [0.15, 0.2) is 11.5 Å². The van der Waals surface area contributed by atoms with Gasteiger partial charge in [-0.05, 0) is 35.8 Å². The number of fused-ring (bicyclic) bond motifs is 1. The number of rotatable bonds is 6. The Morgan fingerprint density at radius 1 is 1.08 bits per heavy atom. The van der Waals surface area contributed by atoms with E-state index in [0.29, 0.717) is 12.5 Å². The van der Waals surface area contributed by atoms with E-state index in [-0.39, 0.29) is 0 Å². The number of allylic oxidation sites excluding steroid dienone is 1. The lowest BCUT2D eigenvalue weighted by molar-refractivity contribution is 0.256. The van der Waals surface area contributed by atoms with E-state index >= 15 is 0 Å². The molecule has 3 nitrogen and oxygen atoms in total. The first kappa shape index (κ1) is 16.3. The summed E-state index contributed by atoms with van der Waals surface area (Å²) in [5.41, 5.74) is 4.42. The molecule has 0 atom stereocenters. The third kappa shape index (κ3) is 3.67. The maximum atomic E-state index is 5.98. The van der Waals surface area contributed by atoms with Crippen molar-refractivity contribution < 1.29 is 9.47 Å². The van der Waals surface area contributed by atoms with E-state index in [1.54, 1.807) is 7.11 Å². The van der Waals surface area contributed by atoms with Gasteiger partial charge in [-0.15, -0.1) is 0 Å². The molecule has 0 saturated heterocycles. The number of aliphatic imine (C=N–C) groups is 1. The van der Waals surface area contributed by atoms with Gasteiger partial charge in [-0.2, -0.15) is 0 Å². The van der Waals surface area contributed by atoms with Gasteiger partial charge in [0.1, 0.15) is 0 Å². The Morgan fingerprint density at radius 3 is 2.67 bits per heavy atom. The van der Waals surface area contributed by atoms with Crippen LogP contribution in [0.2, 0.25) is 0 Å². The fraction of sp³-hybridized carbons (Fsp3) is 0.286. The number of hydrogen-bond donors (Lipinski definition) is 0. The summed E-state index contributed by atoms with van der Waals surface area (Å²) in [4.78, 5) is 4.67. The van der Waals surface area contributed by atoms with Crippen LogP contribution < -0.4 is 9.47 Å². The van der Waals surface area contributed by atoms with Gasteiger partial charge in [0.2, 0.25) is 0 Å². The van der Waals surface area contributed by atoms with Gasteiger partial charge in [-0.1, -0.05) is 44.2 Å². The summed E-state index contributed by atoms with van der Waals surface area (Å²) in [5, 5.41) is 0. The van der Waals surface area contributed by atoms with Crippen LogP contribution in [0.15, 0.2) is 53.5 Å². The van der Waals surface area contributed by atoms with Crippen LogP contribution in [0.5, 0.6) is 11.5 Å². The van der Waals surface area contributed by atoms with Crippen molar-refractivity contribution in [1.29, 1.82) is 0 Å². The summed E-state index contributed by atoms with van der Waals surface area (Å²) < 4.78 is 11.4. The molecule has 0 unspecified atom stereocenters. The molecule has 0 fully saturated rings. The summed E-state index contributed by atoms with van der Waals surface area (Å²) in [7, 11) is 1.67. The Bertz CT molecular complexity index is 775. The van der Waals surface area contributed by atoms with Crippen LogP contribution in [-0.4, -0.2) is 19.4 Å². The second-order valence-electron chi connectivity index (χ2n) is 6.33. The molecule has 24 heavy (non-hydrogen) atoms. The highest BCUT2D eigenvalue weighted by molar-refractivity contribution is 6.04. The fourth-order valence-corrected chi connectivity index (χ4v) is 2.67. The molecule has 0 bridgehead atoms. The fourth-order valence-electron chi connectivity index (χ4n) is 2.67. The second-order valence-corrected chi connectivity index (χ2v) is 6.33. The molecular weight excluding hydrogens is 298 g/mol. The molecule has 0 saturated carbocycles. The summed E-state index contributed by atoms with van der Waals surface area (Å²) >= 11 is 0. The van der Waals surface area contributed by atoms with E-state index in [1.165, 1.54) is 5.56 Å². The molecule has 0 aromatic heterocycles. The van der Waals surface area contributed by atoms with Crippen LogP contribution in [-0.2, 0) is 6.42 Å². The number of hydrogen-bond acceptors (Lipinski definition) is 3. The predicted octanol–water partition coefficient (Wildman–Crippen LogP) is 5.07. The van der Waals surface area contributed by atoms with Crippen molar-refractivity contribution >= 4 is 17.5 Å². The first-order chi connectivity index (χ1) is 11.7. The third-order valence-corrected chi connectivity index (χ3v) is 3.87. The van der Waals surface area contributed by atoms with Gasteiger partial charge in [0, 0.05) is 17.7 Å². The van der Waals surface area contributed by atoms with Crippen LogP contribution in [0, 0.1) is 5.92 Å². The lowest BCUT2D eigenvalue weighted by Crippen LogP contribution is -2.06. The molecule has 1 aliphatic heterocycles. The standard InChI is InChI=1S/C21H23NO2/c1-15(2)14-24-21-16(8-6-10-20(21)23-3)11-12-18-13-17-7-4-5-9-19(17)22-18/h4-12,15H,13-14H2,1-3H3/b12-11+. The Balaban J connectivity index is 1.82. The van der Waals surface area contributed by atoms with Gasteiger partial charge in [0.05, 0.1) is 19.4 Å². The predicted molar refractivity (Wildman–Crippen MR) is 99.6 cm³/mol. The molecule has 0 amide bonds. The van der Waals surface area contributed by atoms with E-state index in [0.717, 1.165) is 34.9 Å². The van der Waals surface area contributed by atoms with E-state index in [9.17, 15) is 0 Å². The number of para-hydroxylation sites is 2. The normalized spacial score (nSPS) is 13.2. The monoisotopic (exact) mass is 321 g/mol. The summed E-state index contributed by atoms with van der Waals surface area (Å²) in [6.07, 6.45) is 5.00. The van der Waals surface area contributed by atoms with Crippen molar-refractivity contribution in [3.63, 3.8) is 0 Å². The topological polar surface area (TPSA) is 30.8 Å². The molecule has 124 valence electrons. The zero-order valence-electron chi connectivity index (χ0n) is 14.5. The van der Waals surface area contributed by atoms with Crippen LogP contribution in [0.25, 0.3) is 6.08 Å². The third-order valence-electron chi connectivity index (χ3n) is 3.87. The second kappa shape index (κ2) is 7.35. The average molecular weight is 321 g/mol. The van der Waals surface area contributed by atoms with Crippen LogP contribution in [0.3, 0.4) is 0 Å². The average Bonchev–Trinajstić information content (AvgIpc) is 3.01. The molecule has 0 N–H and O–H groups in total. The van der Waals surface area contributed by atoms with Crippen molar-refractivity contribution in [2.24, 2.45) is 10.9 Å². The van der Waals surface area contributed by atoms with Crippen molar-refractivity contribution in [1.82, 2.24) is 0 Å². The van der Waals surface area contributed by atoms with E-state index < -0.39 is 0 Å². The molecule has 0 radical (unpaired) electrons.